The fourth-order valence-corrected chi connectivity index (χ4v) is 10.9. The Bertz CT molecular complexity index is 2980. The molecule has 0 radical (unpaired) electrons. The molecule has 27 heteroatoms. The van der Waals surface area contributed by atoms with E-state index >= 15 is 0 Å². The first kappa shape index (κ1) is 71.5. The summed E-state index contributed by atoms with van der Waals surface area (Å²) >= 11 is 10.1. The molecular formula is C61H85BrClN9O16. The summed E-state index contributed by atoms with van der Waals surface area (Å²) in [4.78, 5) is 125. The maximum Gasteiger partial charge on any atom is 0.409 e. The third-order valence-electron chi connectivity index (χ3n) is 15.9. The maximum absolute atomic E-state index is 14.7. The summed E-state index contributed by atoms with van der Waals surface area (Å²) in [6.07, 6.45) is 1.66. The number of hydrogen-bond acceptors (Lipinski definition) is 16. The first-order valence-corrected chi connectivity index (χ1v) is 30.5. The number of alkyl carbamates (subject to hydrolysis) is 1. The van der Waals surface area contributed by atoms with Gasteiger partial charge in [-0.1, -0.05) is 85.1 Å². The van der Waals surface area contributed by atoms with E-state index in [1.54, 1.807) is 52.0 Å². The first-order chi connectivity index (χ1) is 41.5. The normalized spacial score (nSPS) is 23.8. The van der Waals surface area contributed by atoms with E-state index < -0.39 is 120 Å². The number of aliphatic hydroxyl groups is 1. The molecule has 5 rings (SSSR count). The summed E-state index contributed by atoms with van der Waals surface area (Å²) in [6.45, 7) is 14.2. The summed E-state index contributed by atoms with van der Waals surface area (Å²) in [5, 5.41) is 28.4. The van der Waals surface area contributed by atoms with E-state index in [0.717, 1.165) is 16.0 Å². The van der Waals surface area contributed by atoms with Crippen LogP contribution in [-0.2, 0) is 54.1 Å². The number of halogens is 2. The number of nitrogens with one attached hydrogen (secondary N) is 6. The van der Waals surface area contributed by atoms with Gasteiger partial charge in [0.2, 0.25) is 29.5 Å². The summed E-state index contributed by atoms with van der Waals surface area (Å²) < 4.78 is 35.2. The van der Waals surface area contributed by atoms with Gasteiger partial charge in [0, 0.05) is 70.0 Å². The maximum atomic E-state index is 14.7. The number of methoxy groups -OCH3 is 3. The Morgan fingerprint density at radius 2 is 1.69 bits per heavy atom. The Morgan fingerprint density at radius 1 is 0.989 bits per heavy atom. The van der Waals surface area contributed by atoms with Crippen LogP contribution in [0.4, 0.5) is 21.0 Å². The van der Waals surface area contributed by atoms with Crippen LogP contribution in [0.1, 0.15) is 109 Å². The Balaban J connectivity index is 1.40. The molecule has 25 nitrogen and oxygen atoms in total. The number of alkyl halides is 1. The van der Waals surface area contributed by atoms with Crippen LogP contribution in [0.25, 0.3) is 0 Å². The summed E-state index contributed by atoms with van der Waals surface area (Å²) in [5.41, 5.74) is 4.02. The van der Waals surface area contributed by atoms with Crippen LogP contribution in [0.3, 0.4) is 0 Å². The van der Waals surface area contributed by atoms with Crippen LogP contribution in [-0.4, -0.2) is 171 Å². The molecular weight excluding hydrogens is 1230 g/mol. The number of carbonyl (C=O) groups excluding carboxylic acids is 9. The second-order valence-corrected chi connectivity index (χ2v) is 23.7. The lowest BCUT2D eigenvalue weighted by atomic mass is 9.83. The number of ether oxygens (including phenoxy) is 6. The second kappa shape index (κ2) is 32.3. The molecule has 3 aliphatic rings. The van der Waals surface area contributed by atoms with Crippen molar-refractivity contribution in [1.29, 1.82) is 0 Å². The number of amides is 9. The summed E-state index contributed by atoms with van der Waals surface area (Å²) in [5.74, 6) is -5.04. The molecule has 9 N–H and O–H groups in total. The van der Waals surface area contributed by atoms with Crippen LogP contribution >= 0.6 is 27.5 Å². The van der Waals surface area contributed by atoms with Crippen LogP contribution in [0.15, 0.2) is 66.3 Å². The average molecular weight is 1320 g/mol. The van der Waals surface area contributed by atoms with Gasteiger partial charge in [0.05, 0.1) is 43.7 Å². The van der Waals surface area contributed by atoms with E-state index in [9.17, 15) is 48.3 Å². The smallest absolute Gasteiger partial charge is 0.409 e. The first-order valence-electron chi connectivity index (χ1n) is 29.0. The zero-order valence-corrected chi connectivity index (χ0v) is 54.1. The number of allylic oxidation sites excluding steroid dienone is 3. The number of hydrogen-bond donors (Lipinski definition) is 8. The van der Waals surface area contributed by atoms with Gasteiger partial charge in [0.1, 0.15) is 58.6 Å². The molecule has 3 heterocycles. The molecule has 0 saturated carbocycles. The van der Waals surface area contributed by atoms with E-state index in [4.69, 9.17) is 45.8 Å². The van der Waals surface area contributed by atoms with Gasteiger partial charge < -0.3 is 75.6 Å². The highest BCUT2D eigenvalue weighted by Crippen LogP contribution is 2.49. The van der Waals surface area contributed by atoms with Crippen LogP contribution in [0.5, 0.6) is 11.5 Å². The molecule has 0 unspecified atom stereocenters. The van der Waals surface area contributed by atoms with Gasteiger partial charge in [0.25, 0.3) is 5.91 Å². The fourth-order valence-electron chi connectivity index (χ4n) is 10.3. The number of rotatable bonds is 25. The molecule has 4 bridgehead atoms. The van der Waals surface area contributed by atoms with E-state index in [1.807, 2.05) is 13.0 Å². The highest BCUT2D eigenvalue weighted by atomic mass is 79.9. The standard InChI is InChI=1S/C61H85BrClN9O16/c1-33(2)51(69-48(73)21-14-13-15-24-65-53(75)35(4)32-62)55(77)67-41(19-17-25-66-58(64)80)54(76)68-42-29-39(83-10)22-23-40(42)56(78)71(8)37(6)57(79)87-47-30-49(74)72(9)43-27-38(28-44(84-11)50(43)63)26-34(3)18-16-20-46(85-12)61(82)31-45(86-59(81)70-61)36(5)52-60(47,7)88-52/h16,18,20,22-23,27-29,33,36-37,41,45-47,51-52,82H,4,13-15,17,19,21,24-26,30-32H2,1-3,5-12H3,(H,65,75)(H,67,77)(H,68,76)(H,69,73)(H,70,81)(H3,64,66,80)/b20-16+,34-18+/t36-,37+,41+,45+,46-,47+,51+,52+,60+,61+/m1/s1. The predicted molar refractivity (Wildman–Crippen MR) is 332 cm³/mol. The van der Waals surface area contributed by atoms with E-state index in [2.05, 4.69) is 54.4 Å². The molecule has 2 aromatic carbocycles. The Labute approximate surface area is 527 Å². The molecule has 9 amide bonds. The summed E-state index contributed by atoms with van der Waals surface area (Å²) in [6, 6.07) is 3.12. The SMILES string of the molecule is C=C(CBr)C(=O)NCCCCCC(=O)N[C@H](C(=O)N[C@@H](CCCNC(N)=O)C(=O)Nc1cc(OC)ccc1C(=O)N(C)[C@@H](C)C(=O)O[C@H]1CC(=O)N(C)c2cc(cc(OC)c2Cl)C/C(C)=C/C=C/[C@@H](OC)[C@@]2(O)C[C@H](OC(=O)N2)[C@@H](C)[C@@H]2O[C@@]12C)C(C)C. The largest absolute Gasteiger partial charge is 0.497 e. The van der Waals surface area contributed by atoms with Gasteiger partial charge in [-0.15, -0.1) is 0 Å². The molecule has 2 aromatic rings. The highest BCUT2D eigenvalue weighted by Gasteiger charge is 2.64. The van der Waals surface area contributed by atoms with Crippen molar-refractivity contribution in [2.75, 3.05) is 64.1 Å². The topological polar surface area (TPSA) is 337 Å². The monoisotopic (exact) mass is 1310 g/mol. The van der Waals surface area contributed by atoms with Crippen molar-refractivity contribution in [1.82, 2.24) is 31.5 Å². The van der Waals surface area contributed by atoms with E-state index in [0.29, 0.717) is 54.6 Å². The van der Waals surface area contributed by atoms with Crippen molar-refractivity contribution < 1.29 is 76.7 Å². The number of fused-ring (bicyclic) bond motifs is 5. The van der Waals surface area contributed by atoms with Gasteiger partial charge >= 0.3 is 18.1 Å². The lowest BCUT2D eigenvalue weighted by Crippen LogP contribution is -2.63. The van der Waals surface area contributed by atoms with Crippen molar-refractivity contribution >= 4 is 92.4 Å². The van der Waals surface area contributed by atoms with Crippen LogP contribution < -0.4 is 52.0 Å². The van der Waals surface area contributed by atoms with Gasteiger partial charge in [-0.3, -0.25) is 34.1 Å². The van der Waals surface area contributed by atoms with Crippen LogP contribution in [0, 0.1) is 11.8 Å². The average Bonchev–Trinajstić information content (AvgIpc) is 3.78. The van der Waals surface area contributed by atoms with Crippen molar-refractivity contribution in [2.24, 2.45) is 17.6 Å². The van der Waals surface area contributed by atoms with E-state index in [-0.39, 0.29) is 60.2 Å². The lowest BCUT2D eigenvalue weighted by molar-refractivity contribution is -0.158. The number of urea groups is 1. The van der Waals surface area contributed by atoms with Gasteiger partial charge in [0.15, 0.2) is 5.72 Å². The predicted octanol–water partition coefficient (Wildman–Crippen LogP) is 5.48. The third-order valence-corrected chi connectivity index (χ3v) is 16.9. The molecule has 484 valence electrons. The number of epoxide rings is 1. The Morgan fingerprint density at radius 3 is 2.34 bits per heavy atom. The number of carbonyl (C=O) groups is 9. The fraction of sp³-hybridized carbons (Fsp3) is 0.557. The minimum atomic E-state index is -1.94. The Hall–Kier alpha value is -7.26. The van der Waals surface area contributed by atoms with Crippen molar-refractivity contribution in [3.8, 4) is 11.5 Å². The number of unbranched alkanes of at least 4 members (excludes halogenated alkanes) is 2. The molecule has 10 atom stereocenters. The molecule has 0 spiro atoms. The van der Waals surface area contributed by atoms with Crippen LogP contribution in [0.2, 0.25) is 5.02 Å². The molecule has 88 heavy (non-hydrogen) atoms. The van der Waals surface area contributed by atoms with Gasteiger partial charge in [-0.25, -0.2) is 14.4 Å². The number of nitrogens with two attached hydrogens (primary N) is 1. The number of benzene rings is 2. The van der Waals surface area contributed by atoms with Crippen molar-refractivity contribution in [3.63, 3.8) is 0 Å². The molecule has 2 fully saturated rings. The second-order valence-electron chi connectivity index (χ2n) is 22.8. The number of anilines is 2. The highest BCUT2D eigenvalue weighted by molar-refractivity contribution is 9.09. The molecule has 3 aliphatic heterocycles. The zero-order valence-electron chi connectivity index (χ0n) is 51.8. The number of primary amides is 1. The zero-order chi connectivity index (χ0) is 65.4. The van der Waals surface area contributed by atoms with Crippen molar-refractivity contribution in [3.05, 3.63) is 82.4 Å². The Kier molecular flexibility index (Phi) is 26.2. The lowest BCUT2D eigenvalue weighted by Gasteiger charge is -2.42. The molecule has 0 aromatic heterocycles. The third kappa shape index (κ3) is 18.9. The van der Waals surface area contributed by atoms with Crippen molar-refractivity contribution in [2.45, 2.75) is 153 Å². The quantitative estimate of drug-likeness (QED) is 0.0201. The minimum absolute atomic E-state index is 0.0348. The minimum Gasteiger partial charge on any atom is -0.497 e. The number of likely N-dealkylation sites (N-methyl/N-ethyl adjacent to an activating group) is 1. The number of nitrogens with zero attached hydrogens (tertiary/aromatic N) is 2. The summed E-state index contributed by atoms with van der Waals surface area (Å²) in [7, 11) is 7.06. The molecule has 0 aliphatic carbocycles. The van der Waals surface area contributed by atoms with Gasteiger partial charge in [-0.05, 0) is 88.6 Å². The number of esters is 1. The van der Waals surface area contributed by atoms with E-state index in [1.165, 1.54) is 65.4 Å². The molecule has 2 saturated heterocycles. The van der Waals surface area contributed by atoms with Gasteiger partial charge in [-0.2, -0.15) is 0 Å².